The highest BCUT2D eigenvalue weighted by atomic mass is 19.1. The van der Waals surface area contributed by atoms with Crippen LogP contribution in [0.25, 0.3) is 10.9 Å². The molecule has 2 heterocycles. The molecule has 7 heteroatoms. The van der Waals surface area contributed by atoms with Gasteiger partial charge >= 0.3 is 0 Å². The van der Waals surface area contributed by atoms with Crippen molar-refractivity contribution in [1.82, 2.24) is 9.55 Å². The fourth-order valence-electron chi connectivity index (χ4n) is 3.51. The van der Waals surface area contributed by atoms with Gasteiger partial charge in [0.05, 0.1) is 35.8 Å². The minimum Gasteiger partial charge on any atom is -0.497 e. The van der Waals surface area contributed by atoms with E-state index in [2.05, 4.69) is 10.3 Å². The van der Waals surface area contributed by atoms with E-state index in [1.165, 1.54) is 12.1 Å². The number of hydrogen-bond acceptors (Lipinski definition) is 4. The van der Waals surface area contributed by atoms with E-state index in [-0.39, 0.29) is 11.1 Å². The van der Waals surface area contributed by atoms with E-state index >= 15 is 0 Å². The van der Waals surface area contributed by atoms with Crippen molar-refractivity contribution in [2.24, 2.45) is 0 Å². The van der Waals surface area contributed by atoms with Crippen LogP contribution in [0, 0.1) is 19.7 Å². The standard InChI is InChI=1S/C25H22FN3O3/c1-15-4-7-18(26)12-23(15)28-24(30)20-13-21-22(27-16(20)2)10-11-29(25(21)31)14-17-5-8-19(32-3)9-6-17/h4-13H,14H2,1-3H3,(H,28,30). The van der Waals surface area contributed by atoms with Gasteiger partial charge in [0, 0.05) is 11.9 Å². The minimum absolute atomic E-state index is 0.248. The largest absolute Gasteiger partial charge is 0.497 e. The number of hydrogen-bond donors (Lipinski definition) is 1. The number of aryl methyl sites for hydroxylation is 2. The molecule has 4 rings (SSSR count). The van der Waals surface area contributed by atoms with E-state index in [1.807, 2.05) is 24.3 Å². The molecule has 0 radical (unpaired) electrons. The molecule has 6 nitrogen and oxygen atoms in total. The van der Waals surface area contributed by atoms with E-state index in [0.717, 1.165) is 16.9 Å². The maximum Gasteiger partial charge on any atom is 0.260 e. The van der Waals surface area contributed by atoms with E-state index in [1.54, 1.807) is 49.9 Å². The van der Waals surface area contributed by atoms with Crippen molar-refractivity contribution in [1.29, 1.82) is 0 Å². The molecule has 0 atom stereocenters. The third-order valence-electron chi connectivity index (χ3n) is 5.35. The first-order valence-electron chi connectivity index (χ1n) is 10.1. The van der Waals surface area contributed by atoms with Crippen LogP contribution in [0.5, 0.6) is 5.75 Å². The van der Waals surface area contributed by atoms with E-state index in [9.17, 15) is 14.0 Å². The summed E-state index contributed by atoms with van der Waals surface area (Å²) in [5.41, 5.74) is 3.05. The molecule has 2 aromatic heterocycles. The number of pyridine rings is 2. The number of methoxy groups -OCH3 is 1. The number of benzene rings is 2. The van der Waals surface area contributed by atoms with Crippen molar-refractivity contribution >= 4 is 22.5 Å². The molecule has 0 saturated carbocycles. The fraction of sp³-hybridized carbons (Fsp3) is 0.160. The summed E-state index contributed by atoms with van der Waals surface area (Å²) in [6, 6.07) is 14.9. The molecule has 0 aliphatic rings. The Kier molecular flexibility index (Phi) is 5.73. The van der Waals surface area contributed by atoms with Crippen molar-refractivity contribution in [3.8, 4) is 5.75 Å². The Morgan fingerprint density at radius 2 is 1.84 bits per heavy atom. The first kappa shape index (κ1) is 21.2. The second-order valence-electron chi connectivity index (χ2n) is 7.56. The molecule has 4 aromatic rings. The number of rotatable bonds is 5. The monoisotopic (exact) mass is 431 g/mol. The Bertz CT molecular complexity index is 1380. The first-order valence-corrected chi connectivity index (χ1v) is 10.1. The fourth-order valence-corrected chi connectivity index (χ4v) is 3.51. The highest BCUT2D eigenvalue weighted by Crippen LogP contribution is 2.20. The summed E-state index contributed by atoms with van der Waals surface area (Å²) in [5.74, 6) is -0.153. The van der Waals surface area contributed by atoms with Crippen LogP contribution in [0.15, 0.2) is 65.6 Å². The Balaban J connectivity index is 1.69. The SMILES string of the molecule is COc1ccc(Cn2ccc3nc(C)c(C(=O)Nc4cc(F)ccc4C)cc3c2=O)cc1. The summed E-state index contributed by atoms with van der Waals surface area (Å²) in [4.78, 5) is 30.5. The van der Waals surface area contributed by atoms with Gasteiger partial charge in [0.15, 0.2) is 0 Å². The lowest BCUT2D eigenvalue weighted by molar-refractivity contribution is 0.102. The molecular formula is C25H22FN3O3. The number of ether oxygens (including phenoxy) is 1. The van der Waals surface area contributed by atoms with Crippen molar-refractivity contribution in [2.45, 2.75) is 20.4 Å². The van der Waals surface area contributed by atoms with Gasteiger partial charge in [0.2, 0.25) is 0 Å². The van der Waals surface area contributed by atoms with Crippen LogP contribution >= 0.6 is 0 Å². The van der Waals surface area contributed by atoms with E-state index in [0.29, 0.717) is 28.8 Å². The molecule has 2 aromatic carbocycles. The Morgan fingerprint density at radius 1 is 1.09 bits per heavy atom. The lowest BCUT2D eigenvalue weighted by atomic mass is 10.1. The number of nitrogens with one attached hydrogen (secondary N) is 1. The Labute approximate surface area is 184 Å². The molecule has 0 fully saturated rings. The molecule has 0 unspecified atom stereocenters. The maximum absolute atomic E-state index is 13.6. The van der Waals surface area contributed by atoms with Crippen molar-refractivity contribution in [2.75, 3.05) is 12.4 Å². The summed E-state index contributed by atoms with van der Waals surface area (Å²) in [6.07, 6.45) is 1.69. The molecule has 1 N–H and O–H groups in total. The van der Waals surface area contributed by atoms with Crippen molar-refractivity contribution in [3.05, 3.63) is 99.3 Å². The summed E-state index contributed by atoms with van der Waals surface area (Å²) in [5, 5.41) is 3.06. The van der Waals surface area contributed by atoms with Crippen LogP contribution in [0.2, 0.25) is 0 Å². The number of fused-ring (bicyclic) bond motifs is 1. The van der Waals surface area contributed by atoms with Gasteiger partial charge in [-0.05, 0) is 61.4 Å². The average Bonchev–Trinajstić information content (AvgIpc) is 2.78. The summed E-state index contributed by atoms with van der Waals surface area (Å²) < 4.78 is 20.3. The minimum atomic E-state index is -0.449. The zero-order valence-corrected chi connectivity index (χ0v) is 18.0. The quantitative estimate of drug-likeness (QED) is 0.506. The molecule has 0 aliphatic carbocycles. The summed E-state index contributed by atoms with van der Waals surface area (Å²) in [6.45, 7) is 3.85. The van der Waals surface area contributed by atoms with E-state index in [4.69, 9.17) is 4.74 Å². The number of carbonyl (C=O) groups excluding carboxylic acids is 1. The van der Waals surface area contributed by atoms with Gasteiger partial charge in [-0.2, -0.15) is 0 Å². The zero-order chi connectivity index (χ0) is 22.8. The van der Waals surface area contributed by atoms with Crippen LogP contribution < -0.4 is 15.6 Å². The Hall–Kier alpha value is -4.00. The molecule has 0 bridgehead atoms. The van der Waals surface area contributed by atoms with Gasteiger partial charge in [-0.15, -0.1) is 0 Å². The Morgan fingerprint density at radius 3 is 2.56 bits per heavy atom. The third kappa shape index (κ3) is 4.23. The number of anilines is 1. The number of nitrogens with zero attached hydrogens (tertiary/aromatic N) is 2. The van der Waals surface area contributed by atoms with E-state index < -0.39 is 11.7 Å². The van der Waals surface area contributed by atoms with Crippen LogP contribution in [0.1, 0.15) is 27.2 Å². The molecule has 1 amide bonds. The van der Waals surface area contributed by atoms with Crippen molar-refractivity contribution in [3.63, 3.8) is 0 Å². The summed E-state index contributed by atoms with van der Waals surface area (Å²) in [7, 11) is 1.60. The number of carbonyl (C=O) groups is 1. The third-order valence-corrected chi connectivity index (χ3v) is 5.35. The van der Waals surface area contributed by atoms with Crippen LogP contribution in [0.4, 0.5) is 10.1 Å². The predicted octanol–water partition coefficient (Wildman–Crippen LogP) is 4.46. The average molecular weight is 431 g/mol. The maximum atomic E-state index is 13.6. The number of aromatic nitrogens is 2. The molecule has 32 heavy (non-hydrogen) atoms. The smallest absolute Gasteiger partial charge is 0.260 e. The van der Waals surface area contributed by atoms with Crippen LogP contribution in [-0.4, -0.2) is 22.6 Å². The van der Waals surface area contributed by atoms with Gasteiger partial charge in [-0.25, -0.2) is 4.39 Å². The molecular weight excluding hydrogens is 409 g/mol. The van der Waals surface area contributed by atoms with Gasteiger partial charge in [-0.3, -0.25) is 14.6 Å². The lowest BCUT2D eigenvalue weighted by Gasteiger charge is -2.12. The number of amides is 1. The second kappa shape index (κ2) is 8.63. The van der Waals surface area contributed by atoms with Gasteiger partial charge in [-0.1, -0.05) is 18.2 Å². The zero-order valence-electron chi connectivity index (χ0n) is 18.0. The molecule has 0 saturated heterocycles. The lowest BCUT2D eigenvalue weighted by Crippen LogP contribution is -2.22. The van der Waals surface area contributed by atoms with Crippen LogP contribution in [0.3, 0.4) is 0 Å². The number of halogens is 1. The first-order chi connectivity index (χ1) is 15.4. The van der Waals surface area contributed by atoms with Gasteiger partial charge < -0.3 is 14.6 Å². The van der Waals surface area contributed by atoms with Gasteiger partial charge in [0.25, 0.3) is 11.5 Å². The van der Waals surface area contributed by atoms with Gasteiger partial charge in [0.1, 0.15) is 11.6 Å². The highest BCUT2D eigenvalue weighted by molar-refractivity contribution is 6.07. The second-order valence-corrected chi connectivity index (χ2v) is 7.56. The molecule has 0 aliphatic heterocycles. The summed E-state index contributed by atoms with van der Waals surface area (Å²) >= 11 is 0. The van der Waals surface area contributed by atoms with Crippen molar-refractivity contribution < 1.29 is 13.9 Å². The normalized spacial score (nSPS) is 10.9. The topological polar surface area (TPSA) is 73.2 Å². The predicted molar refractivity (Wildman–Crippen MR) is 122 cm³/mol. The van der Waals surface area contributed by atoms with Crippen LogP contribution in [-0.2, 0) is 6.54 Å². The highest BCUT2D eigenvalue weighted by Gasteiger charge is 2.15. The molecule has 162 valence electrons. The molecule has 0 spiro atoms.